The van der Waals surface area contributed by atoms with Gasteiger partial charge in [-0.25, -0.2) is 0 Å². The summed E-state index contributed by atoms with van der Waals surface area (Å²) in [7, 11) is 0. The number of carbonyl (C=O) groups excluding carboxylic acids is 1. The lowest BCUT2D eigenvalue weighted by Crippen LogP contribution is -2.39. The van der Waals surface area contributed by atoms with Crippen molar-refractivity contribution < 1.29 is 14.3 Å². The number of thiophene rings is 1. The first-order valence-electron chi connectivity index (χ1n) is 6.07. The maximum atomic E-state index is 12.0. The number of rotatable bonds is 5. The second-order valence-electron chi connectivity index (χ2n) is 4.75. The Hall–Kier alpha value is -1.59. The van der Waals surface area contributed by atoms with E-state index in [-0.39, 0.29) is 18.4 Å². The van der Waals surface area contributed by atoms with E-state index in [1.807, 2.05) is 23.8 Å². The number of carbonyl (C=O) groups is 1. The molecule has 2 atom stereocenters. The van der Waals surface area contributed by atoms with Gasteiger partial charge in [0.25, 0.3) is 0 Å². The first-order chi connectivity index (χ1) is 9.00. The number of furan rings is 1. The van der Waals surface area contributed by atoms with Crippen molar-refractivity contribution in [2.75, 3.05) is 6.54 Å². The van der Waals surface area contributed by atoms with Crippen LogP contribution in [0.25, 0.3) is 0 Å². The molecule has 2 unspecified atom stereocenters. The molecule has 0 saturated carbocycles. The van der Waals surface area contributed by atoms with Crippen molar-refractivity contribution in [3.63, 3.8) is 0 Å². The van der Waals surface area contributed by atoms with Crippen molar-refractivity contribution in [1.82, 2.24) is 5.32 Å². The highest BCUT2D eigenvalue weighted by molar-refractivity contribution is 7.08. The Balaban J connectivity index is 1.94. The van der Waals surface area contributed by atoms with Crippen LogP contribution < -0.4 is 5.32 Å². The van der Waals surface area contributed by atoms with Gasteiger partial charge < -0.3 is 14.8 Å². The van der Waals surface area contributed by atoms with E-state index in [1.165, 1.54) is 6.26 Å². The van der Waals surface area contributed by atoms with Crippen LogP contribution in [-0.4, -0.2) is 17.6 Å². The van der Waals surface area contributed by atoms with Gasteiger partial charge in [-0.1, -0.05) is 0 Å². The number of hydrogen-bond acceptors (Lipinski definition) is 4. The summed E-state index contributed by atoms with van der Waals surface area (Å²) >= 11 is 1.56. The van der Waals surface area contributed by atoms with Crippen LogP contribution in [0.2, 0.25) is 0 Å². The summed E-state index contributed by atoms with van der Waals surface area (Å²) in [5.41, 5.74) is -0.215. The molecule has 0 bridgehead atoms. The van der Waals surface area contributed by atoms with Crippen LogP contribution >= 0.6 is 11.3 Å². The van der Waals surface area contributed by atoms with Crippen molar-refractivity contribution in [1.29, 1.82) is 0 Å². The lowest BCUT2D eigenvalue weighted by molar-refractivity contribution is -0.123. The molecule has 0 aromatic carbocycles. The van der Waals surface area contributed by atoms with Crippen LogP contribution in [0.4, 0.5) is 0 Å². The Bertz CT molecular complexity index is 517. The van der Waals surface area contributed by atoms with Gasteiger partial charge in [0.05, 0.1) is 18.7 Å². The molecule has 2 aromatic heterocycles. The summed E-state index contributed by atoms with van der Waals surface area (Å²) in [6, 6.07) is 5.33. The molecule has 102 valence electrons. The summed E-state index contributed by atoms with van der Waals surface area (Å²) in [5.74, 6) is 0.111. The molecule has 0 aliphatic carbocycles. The zero-order valence-corrected chi connectivity index (χ0v) is 11.7. The molecule has 2 aromatic rings. The lowest BCUT2D eigenvalue weighted by Gasteiger charge is -2.22. The molecule has 0 radical (unpaired) electrons. The minimum absolute atomic E-state index is 0.106. The summed E-state index contributed by atoms with van der Waals surface area (Å²) in [6.45, 7) is 3.58. The van der Waals surface area contributed by atoms with Crippen molar-refractivity contribution in [3.8, 4) is 0 Å². The maximum absolute atomic E-state index is 12.0. The summed E-state index contributed by atoms with van der Waals surface area (Å²) in [6.07, 6.45) is 1.50. The Morgan fingerprint density at radius 2 is 2.37 bits per heavy atom. The molecule has 0 fully saturated rings. The zero-order valence-electron chi connectivity index (χ0n) is 10.9. The van der Waals surface area contributed by atoms with Gasteiger partial charge in [0.15, 0.2) is 0 Å². The minimum atomic E-state index is -1.20. The van der Waals surface area contributed by atoms with E-state index in [9.17, 15) is 9.90 Å². The molecule has 2 N–H and O–H groups in total. The van der Waals surface area contributed by atoms with Crippen LogP contribution in [-0.2, 0) is 10.4 Å². The van der Waals surface area contributed by atoms with Crippen LogP contribution in [0.3, 0.4) is 0 Å². The molecule has 0 spiro atoms. The third kappa shape index (κ3) is 3.24. The SMILES string of the molecule is CC(C(=O)NCC(C)(O)c1ccco1)c1ccsc1. The molecule has 19 heavy (non-hydrogen) atoms. The molecular weight excluding hydrogens is 262 g/mol. The number of amides is 1. The highest BCUT2D eigenvalue weighted by Crippen LogP contribution is 2.21. The molecule has 0 aliphatic rings. The average molecular weight is 279 g/mol. The highest BCUT2D eigenvalue weighted by Gasteiger charge is 2.27. The average Bonchev–Trinajstić information content (AvgIpc) is 3.06. The van der Waals surface area contributed by atoms with Gasteiger partial charge in [-0.05, 0) is 48.4 Å². The molecule has 2 rings (SSSR count). The van der Waals surface area contributed by atoms with Crippen LogP contribution in [0.15, 0.2) is 39.6 Å². The van der Waals surface area contributed by atoms with Crippen LogP contribution in [0.5, 0.6) is 0 Å². The predicted octanol–water partition coefficient (Wildman–Crippen LogP) is 2.47. The van der Waals surface area contributed by atoms with Crippen LogP contribution in [0, 0.1) is 0 Å². The largest absolute Gasteiger partial charge is 0.466 e. The van der Waals surface area contributed by atoms with Crippen molar-refractivity contribution >= 4 is 17.2 Å². The van der Waals surface area contributed by atoms with E-state index in [0.717, 1.165) is 5.56 Å². The van der Waals surface area contributed by atoms with Crippen molar-refractivity contribution in [2.45, 2.75) is 25.4 Å². The maximum Gasteiger partial charge on any atom is 0.227 e. The molecule has 0 saturated heterocycles. The highest BCUT2D eigenvalue weighted by atomic mass is 32.1. The Labute approximate surface area is 116 Å². The number of aliphatic hydroxyl groups is 1. The quantitative estimate of drug-likeness (QED) is 0.883. The van der Waals surface area contributed by atoms with E-state index < -0.39 is 5.60 Å². The number of nitrogens with one attached hydrogen (secondary N) is 1. The standard InChI is InChI=1S/C14H17NO3S/c1-10(11-5-7-19-8-11)13(16)15-9-14(2,17)12-4-3-6-18-12/h3-8,10,17H,9H2,1-2H3,(H,15,16). The van der Waals surface area contributed by atoms with E-state index in [0.29, 0.717) is 5.76 Å². The van der Waals surface area contributed by atoms with Gasteiger partial charge in [-0.2, -0.15) is 11.3 Å². The zero-order chi connectivity index (χ0) is 13.9. The molecule has 4 nitrogen and oxygen atoms in total. The Kier molecular flexibility index (Phi) is 4.07. The fourth-order valence-electron chi connectivity index (χ4n) is 1.76. The van der Waals surface area contributed by atoms with Gasteiger partial charge in [0.2, 0.25) is 5.91 Å². The minimum Gasteiger partial charge on any atom is -0.466 e. The molecule has 0 aliphatic heterocycles. The Morgan fingerprint density at radius 3 is 2.95 bits per heavy atom. The van der Waals surface area contributed by atoms with Crippen molar-refractivity contribution in [2.24, 2.45) is 0 Å². The smallest absolute Gasteiger partial charge is 0.227 e. The molecular formula is C14H17NO3S. The fraction of sp³-hybridized carbons (Fsp3) is 0.357. The summed E-state index contributed by atoms with van der Waals surface area (Å²) in [4.78, 5) is 12.0. The second kappa shape index (κ2) is 5.59. The first-order valence-corrected chi connectivity index (χ1v) is 7.01. The second-order valence-corrected chi connectivity index (χ2v) is 5.53. The van der Waals surface area contributed by atoms with Gasteiger partial charge in [-0.3, -0.25) is 4.79 Å². The van der Waals surface area contributed by atoms with E-state index >= 15 is 0 Å². The van der Waals surface area contributed by atoms with Crippen LogP contribution in [0.1, 0.15) is 31.1 Å². The lowest BCUT2D eigenvalue weighted by atomic mass is 10.0. The molecule has 5 heteroatoms. The van der Waals surface area contributed by atoms with Gasteiger partial charge >= 0.3 is 0 Å². The molecule has 2 heterocycles. The third-order valence-corrected chi connectivity index (χ3v) is 3.80. The summed E-state index contributed by atoms with van der Waals surface area (Å²) in [5, 5.41) is 16.9. The van der Waals surface area contributed by atoms with E-state index in [1.54, 1.807) is 30.4 Å². The van der Waals surface area contributed by atoms with Gasteiger partial charge in [0.1, 0.15) is 11.4 Å². The first kappa shape index (κ1) is 13.8. The summed E-state index contributed by atoms with van der Waals surface area (Å²) < 4.78 is 5.16. The third-order valence-electron chi connectivity index (χ3n) is 3.10. The van der Waals surface area contributed by atoms with Gasteiger partial charge in [0, 0.05) is 0 Å². The predicted molar refractivity (Wildman–Crippen MR) is 74.0 cm³/mol. The van der Waals surface area contributed by atoms with Crippen molar-refractivity contribution in [3.05, 3.63) is 46.5 Å². The van der Waals surface area contributed by atoms with E-state index in [2.05, 4.69) is 5.32 Å². The number of hydrogen-bond donors (Lipinski definition) is 2. The fourth-order valence-corrected chi connectivity index (χ4v) is 2.51. The topological polar surface area (TPSA) is 62.5 Å². The Morgan fingerprint density at radius 1 is 1.58 bits per heavy atom. The monoisotopic (exact) mass is 279 g/mol. The molecule has 1 amide bonds. The van der Waals surface area contributed by atoms with E-state index in [4.69, 9.17) is 4.42 Å². The van der Waals surface area contributed by atoms with Gasteiger partial charge in [-0.15, -0.1) is 0 Å². The normalized spacial score (nSPS) is 15.7.